The van der Waals surface area contributed by atoms with Crippen LogP contribution in [0.5, 0.6) is 0 Å². The first-order valence-electron chi connectivity index (χ1n) is 4.77. The highest BCUT2D eigenvalue weighted by atomic mass is 32.2. The Bertz CT molecular complexity index is 304. The van der Waals surface area contributed by atoms with Crippen molar-refractivity contribution in [2.75, 3.05) is 20.6 Å². The highest BCUT2D eigenvalue weighted by Gasteiger charge is 2.36. The number of nitrogens with one attached hydrogen (secondary N) is 1. The number of thioether (sulfide) groups is 1. The molecule has 0 aromatic rings. The van der Waals surface area contributed by atoms with Gasteiger partial charge < -0.3 is 5.32 Å². The van der Waals surface area contributed by atoms with Gasteiger partial charge in [-0.25, -0.2) is 0 Å². The zero-order chi connectivity index (χ0) is 11.4. The third-order valence-corrected chi connectivity index (χ3v) is 3.40. The average Bonchev–Trinajstić information content (AvgIpc) is 2.46. The van der Waals surface area contributed by atoms with Crippen LogP contribution >= 0.6 is 11.8 Å². The van der Waals surface area contributed by atoms with Gasteiger partial charge in [0.25, 0.3) is 0 Å². The lowest BCUT2D eigenvalue weighted by Gasteiger charge is -2.08. The van der Waals surface area contributed by atoms with Gasteiger partial charge in [-0.2, -0.15) is 0 Å². The van der Waals surface area contributed by atoms with Crippen molar-refractivity contribution in [2.45, 2.75) is 18.6 Å². The van der Waals surface area contributed by atoms with Crippen LogP contribution in [0.3, 0.4) is 0 Å². The topological polar surface area (TPSA) is 61.8 Å². The van der Waals surface area contributed by atoms with E-state index in [0.717, 1.165) is 0 Å². The molecule has 84 valence electrons. The van der Waals surface area contributed by atoms with E-state index in [1.165, 1.54) is 16.7 Å². The molecule has 0 spiro atoms. The number of carbonyl (C=O) groups excluding carboxylic acids is 2. The molecule has 0 aliphatic carbocycles. The minimum Gasteiger partial charge on any atom is -0.356 e. The van der Waals surface area contributed by atoms with Crippen molar-refractivity contribution in [3.63, 3.8) is 0 Å². The Morgan fingerprint density at radius 2 is 2.33 bits per heavy atom. The van der Waals surface area contributed by atoms with E-state index >= 15 is 0 Å². The molecule has 0 radical (unpaired) electrons. The number of hydrogen-bond acceptors (Lipinski definition) is 4. The third-order valence-electron chi connectivity index (χ3n) is 2.08. The van der Waals surface area contributed by atoms with E-state index in [1.807, 2.05) is 6.92 Å². The van der Waals surface area contributed by atoms with Crippen molar-refractivity contribution in [2.24, 2.45) is 4.99 Å². The van der Waals surface area contributed by atoms with E-state index in [2.05, 4.69) is 10.3 Å². The van der Waals surface area contributed by atoms with E-state index in [0.29, 0.717) is 11.7 Å². The molecule has 6 heteroatoms. The summed E-state index contributed by atoms with van der Waals surface area (Å²) in [5.74, 6) is -0.138. The maximum Gasteiger partial charge on any atom is 0.242 e. The van der Waals surface area contributed by atoms with Crippen LogP contribution < -0.4 is 5.32 Å². The van der Waals surface area contributed by atoms with Gasteiger partial charge in [-0.15, -0.1) is 0 Å². The smallest absolute Gasteiger partial charge is 0.242 e. The molecule has 2 amide bonds. The van der Waals surface area contributed by atoms with Crippen LogP contribution in [-0.4, -0.2) is 47.8 Å². The molecule has 0 aromatic heterocycles. The first-order chi connectivity index (χ1) is 7.10. The SMILES string of the molecule is CCNC(=O)C[C@@H]1SC(=NC)N(C)C1=O. The summed E-state index contributed by atoms with van der Waals surface area (Å²) in [6.45, 7) is 2.45. The monoisotopic (exact) mass is 229 g/mol. The van der Waals surface area contributed by atoms with E-state index in [9.17, 15) is 9.59 Å². The van der Waals surface area contributed by atoms with Gasteiger partial charge in [0, 0.05) is 27.1 Å². The molecular formula is C9H15N3O2S. The van der Waals surface area contributed by atoms with Gasteiger partial charge in [-0.05, 0) is 6.92 Å². The zero-order valence-electron chi connectivity index (χ0n) is 9.11. The number of aliphatic imine (C=N–C) groups is 1. The summed E-state index contributed by atoms with van der Waals surface area (Å²) >= 11 is 1.35. The van der Waals surface area contributed by atoms with Gasteiger partial charge in [0.15, 0.2) is 5.17 Å². The predicted molar refractivity (Wildman–Crippen MR) is 60.8 cm³/mol. The second kappa shape index (κ2) is 5.16. The van der Waals surface area contributed by atoms with Crippen molar-refractivity contribution >= 4 is 28.7 Å². The quantitative estimate of drug-likeness (QED) is 0.745. The summed E-state index contributed by atoms with van der Waals surface area (Å²) in [7, 11) is 3.32. The molecule has 15 heavy (non-hydrogen) atoms. The van der Waals surface area contributed by atoms with Gasteiger partial charge in [0.1, 0.15) is 5.25 Å². The van der Waals surface area contributed by atoms with Crippen LogP contribution in [0.2, 0.25) is 0 Å². The average molecular weight is 229 g/mol. The van der Waals surface area contributed by atoms with Crippen LogP contribution in [0.25, 0.3) is 0 Å². The lowest BCUT2D eigenvalue weighted by molar-refractivity contribution is -0.128. The molecule has 1 heterocycles. The first-order valence-corrected chi connectivity index (χ1v) is 5.65. The van der Waals surface area contributed by atoms with E-state index < -0.39 is 0 Å². The van der Waals surface area contributed by atoms with Crippen LogP contribution in [-0.2, 0) is 9.59 Å². The standard InChI is InChI=1S/C9H15N3O2S/c1-4-11-7(13)5-6-8(14)12(3)9(10-2)15-6/h6H,4-5H2,1-3H3,(H,11,13)/t6-/m0/s1. The minimum absolute atomic E-state index is 0.0492. The highest BCUT2D eigenvalue weighted by Crippen LogP contribution is 2.27. The van der Waals surface area contributed by atoms with Crippen molar-refractivity contribution in [3.05, 3.63) is 0 Å². The summed E-state index contributed by atoms with van der Waals surface area (Å²) in [4.78, 5) is 28.4. The molecule has 1 fully saturated rings. The predicted octanol–water partition coefficient (Wildman–Crippen LogP) is 0.0722. The Hall–Kier alpha value is -1.04. The van der Waals surface area contributed by atoms with Crippen molar-refractivity contribution in [1.82, 2.24) is 10.2 Å². The molecule has 0 bridgehead atoms. The fourth-order valence-corrected chi connectivity index (χ4v) is 2.44. The summed E-state index contributed by atoms with van der Waals surface area (Å²) < 4.78 is 0. The molecular weight excluding hydrogens is 214 g/mol. The Morgan fingerprint density at radius 1 is 1.67 bits per heavy atom. The number of amidine groups is 1. The molecule has 5 nitrogen and oxygen atoms in total. The van der Waals surface area contributed by atoms with Gasteiger partial charge in [-0.1, -0.05) is 11.8 Å². The summed E-state index contributed by atoms with van der Waals surface area (Å²) in [6, 6.07) is 0. The van der Waals surface area contributed by atoms with Crippen LogP contribution in [0.1, 0.15) is 13.3 Å². The number of carbonyl (C=O) groups is 2. The normalized spacial score (nSPS) is 23.7. The largest absolute Gasteiger partial charge is 0.356 e. The van der Waals surface area contributed by atoms with Gasteiger partial charge in [0.2, 0.25) is 11.8 Å². The number of rotatable bonds is 3. The Labute approximate surface area is 93.3 Å². The van der Waals surface area contributed by atoms with E-state index in [4.69, 9.17) is 0 Å². The molecule has 1 saturated heterocycles. The van der Waals surface area contributed by atoms with Gasteiger partial charge in [-0.3, -0.25) is 19.5 Å². The maximum atomic E-state index is 11.7. The Balaban J connectivity index is 2.59. The second-order valence-electron chi connectivity index (χ2n) is 3.17. The van der Waals surface area contributed by atoms with Crippen LogP contribution in [0, 0.1) is 0 Å². The summed E-state index contributed by atoms with van der Waals surface area (Å²) in [5, 5.41) is 3.03. The van der Waals surface area contributed by atoms with Crippen molar-refractivity contribution in [1.29, 1.82) is 0 Å². The minimum atomic E-state index is -0.319. The summed E-state index contributed by atoms with van der Waals surface area (Å²) in [5.41, 5.74) is 0. The molecule has 0 saturated carbocycles. The molecule has 1 rings (SSSR count). The van der Waals surface area contributed by atoms with Gasteiger partial charge in [0.05, 0.1) is 0 Å². The first kappa shape index (κ1) is 12.0. The Morgan fingerprint density at radius 3 is 2.80 bits per heavy atom. The second-order valence-corrected chi connectivity index (χ2v) is 4.34. The third kappa shape index (κ3) is 2.71. The fraction of sp³-hybridized carbons (Fsp3) is 0.667. The van der Waals surface area contributed by atoms with Crippen LogP contribution in [0.15, 0.2) is 4.99 Å². The molecule has 1 N–H and O–H groups in total. The lowest BCUT2D eigenvalue weighted by atomic mass is 10.2. The summed E-state index contributed by atoms with van der Waals surface area (Å²) in [6.07, 6.45) is 0.223. The number of amides is 2. The van der Waals surface area contributed by atoms with Crippen molar-refractivity contribution < 1.29 is 9.59 Å². The number of hydrogen-bond donors (Lipinski definition) is 1. The maximum absolute atomic E-state index is 11.7. The lowest BCUT2D eigenvalue weighted by Crippen LogP contribution is -2.32. The van der Waals surface area contributed by atoms with E-state index in [-0.39, 0.29) is 23.5 Å². The molecule has 1 aliphatic rings. The Kier molecular flexibility index (Phi) is 4.14. The zero-order valence-corrected chi connectivity index (χ0v) is 9.93. The van der Waals surface area contributed by atoms with Crippen LogP contribution in [0.4, 0.5) is 0 Å². The van der Waals surface area contributed by atoms with Gasteiger partial charge >= 0.3 is 0 Å². The number of nitrogens with zero attached hydrogens (tertiary/aromatic N) is 2. The molecule has 1 aliphatic heterocycles. The fourth-order valence-electron chi connectivity index (χ4n) is 1.34. The van der Waals surface area contributed by atoms with E-state index in [1.54, 1.807) is 14.1 Å². The van der Waals surface area contributed by atoms with Crippen molar-refractivity contribution in [3.8, 4) is 0 Å². The highest BCUT2D eigenvalue weighted by molar-refractivity contribution is 8.15. The molecule has 0 aromatic carbocycles. The molecule has 0 unspecified atom stereocenters. The molecule has 1 atom stereocenters.